The van der Waals surface area contributed by atoms with Crippen LogP contribution < -0.4 is 0 Å². The van der Waals surface area contributed by atoms with E-state index in [-0.39, 0.29) is 5.02 Å². The summed E-state index contributed by atoms with van der Waals surface area (Å²) >= 11 is 13.8. The molecule has 0 fully saturated rings. The third-order valence-electron chi connectivity index (χ3n) is 2.15. The molecule has 0 N–H and O–H groups in total. The van der Waals surface area contributed by atoms with Gasteiger partial charge in [-0.25, -0.2) is 14.4 Å². The Labute approximate surface area is 121 Å². The van der Waals surface area contributed by atoms with Gasteiger partial charge in [0.15, 0.2) is 5.82 Å². The minimum Gasteiger partial charge on any atom is -0.232 e. The van der Waals surface area contributed by atoms with Gasteiger partial charge in [-0.3, -0.25) is 0 Å². The topological polar surface area (TPSA) is 25.8 Å². The lowest BCUT2D eigenvalue weighted by Gasteiger charge is -2.05. The fraction of sp³-hybridized carbons (Fsp3) is 0.0909. The highest BCUT2D eigenvalue weighted by Gasteiger charge is 2.10. The van der Waals surface area contributed by atoms with Gasteiger partial charge < -0.3 is 0 Å². The average Bonchev–Trinajstić information content (AvgIpc) is 2.29. The van der Waals surface area contributed by atoms with E-state index in [0.717, 1.165) is 9.26 Å². The van der Waals surface area contributed by atoms with Crippen LogP contribution in [0, 0.1) is 16.3 Å². The molecule has 6 heteroatoms. The molecule has 17 heavy (non-hydrogen) atoms. The third kappa shape index (κ3) is 2.69. The number of aromatic nitrogens is 2. The van der Waals surface area contributed by atoms with E-state index in [9.17, 15) is 4.39 Å². The van der Waals surface area contributed by atoms with E-state index in [1.54, 1.807) is 6.07 Å². The quantitative estimate of drug-likeness (QED) is 0.536. The molecule has 0 aliphatic heterocycles. The molecule has 2 nitrogen and oxygen atoms in total. The lowest BCUT2D eigenvalue weighted by molar-refractivity contribution is 0.628. The molecule has 0 saturated carbocycles. The van der Waals surface area contributed by atoms with E-state index in [1.165, 1.54) is 12.1 Å². The normalized spacial score (nSPS) is 10.6. The van der Waals surface area contributed by atoms with Crippen LogP contribution in [0.1, 0.15) is 5.69 Å². The highest BCUT2D eigenvalue weighted by molar-refractivity contribution is 14.1. The van der Waals surface area contributed by atoms with Crippen LogP contribution in [-0.2, 0) is 0 Å². The van der Waals surface area contributed by atoms with Crippen molar-refractivity contribution < 1.29 is 4.39 Å². The summed E-state index contributed by atoms with van der Waals surface area (Å²) in [7, 11) is 0. The van der Waals surface area contributed by atoms with Crippen molar-refractivity contribution in [1.82, 2.24) is 9.97 Å². The van der Waals surface area contributed by atoms with Crippen LogP contribution in [0.25, 0.3) is 11.4 Å². The molecule has 0 bridgehead atoms. The zero-order chi connectivity index (χ0) is 12.6. The minimum atomic E-state index is -0.469. The minimum absolute atomic E-state index is 0.0402. The van der Waals surface area contributed by atoms with Gasteiger partial charge >= 0.3 is 0 Å². The first-order valence-corrected chi connectivity index (χ1v) is 6.47. The van der Waals surface area contributed by atoms with Crippen molar-refractivity contribution in [3.63, 3.8) is 0 Å². The van der Waals surface area contributed by atoms with Crippen molar-refractivity contribution in [2.24, 2.45) is 0 Å². The van der Waals surface area contributed by atoms with E-state index < -0.39 is 5.82 Å². The summed E-state index contributed by atoms with van der Waals surface area (Å²) in [5, 5.41) is 0.423. The fourth-order valence-electron chi connectivity index (χ4n) is 1.29. The van der Waals surface area contributed by atoms with Crippen LogP contribution in [0.2, 0.25) is 10.2 Å². The van der Waals surface area contributed by atoms with E-state index in [2.05, 4.69) is 32.6 Å². The molecular weight excluding hydrogens is 377 g/mol. The van der Waals surface area contributed by atoms with Crippen LogP contribution in [0.15, 0.2) is 18.2 Å². The van der Waals surface area contributed by atoms with Crippen LogP contribution in [0.4, 0.5) is 4.39 Å². The Balaban J connectivity index is 2.57. The predicted octanol–water partition coefficient (Wildman–Crippen LogP) is 4.50. The molecule has 0 spiro atoms. The second kappa shape index (κ2) is 5.04. The standard InChI is InChI=1S/C11H6Cl2FIN2/c1-5-9(15)10(13)17-11(16-5)6-2-3-8(14)7(12)4-6/h2-4H,1H3. The fourth-order valence-corrected chi connectivity index (χ4v) is 1.93. The zero-order valence-corrected chi connectivity index (χ0v) is 12.3. The lowest BCUT2D eigenvalue weighted by atomic mass is 10.2. The van der Waals surface area contributed by atoms with Crippen molar-refractivity contribution >= 4 is 45.8 Å². The molecule has 0 saturated heterocycles. The van der Waals surface area contributed by atoms with Gasteiger partial charge in [0, 0.05) is 5.56 Å². The smallest absolute Gasteiger partial charge is 0.161 e. The molecule has 0 amide bonds. The summed E-state index contributed by atoms with van der Waals surface area (Å²) in [6.45, 7) is 1.84. The molecule has 2 aromatic rings. The van der Waals surface area contributed by atoms with Crippen molar-refractivity contribution in [3.05, 3.63) is 43.5 Å². The first kappa shape index (κ1) is 13.0. The summed E-state index contributed by atoms with van der Waals surface area (Å²) in [6.07, 6.45) is 0. The van der Waals surface area contributed by atoms with Crippen molar-refractivity contribution in [2.75, 3.05) is 0 Å². The van der Waals surface area contributed by atoms with Crippen molar-refractivity contribution in [3.8, 4) is 11.4 Å². The molecule has 1 aromatic heterocycles. The van der Waals surface area contributed by atoms with Gasteiger partial charge in [0.1, 0.15) is 11.0 Å². The molecule has 88 valence electrons. The van der Waals surface area contributed by atoms with Gasteiger partial charge in [-0.2, -0.15) is 0 Å². The van der Waals surface area contributed by atoms with Gasteiger partial charge in [0.2, 0.25) is 0 Å². The number of hydrogen-bond acceptors (Lipinski definition) is 2. The van der Waals surface area contributed by atoms with Gasteiger partial charge in [0.25, 0.3) is 0 Å². The number of aryl methyl sites for hydroxylation is 1. The number of hydrogen-bond donors (Lipinski definition) is 0. The van der Waals surface area contributed by atoms with Crippen LogP contribution in [-0.4, -0.2) is 9.97 Å². The van der Waals surface area contributed by atoms with Crippen LogP contribution >= 0.6 is 45.8 Å². The van der Waals surface area contributed by atoms with E-state index >= 15 is 0 Å². The highest BCUT2D eigenvalue weighted by atomic mass is 127. The summed E-state index contributed by atoms with van der Waals surface area (Å²) in [5.74, 6) is -0.0291. The Morgan fingerprint density at radius 2 is 1.94 bits per heavy atom. The zero-order valence-electron chi connectivity index (χ0n) is 8.64. The maximum atomic E-state index is 13.0. The molecule has 0 aliphatic carbocycles. The Hall–Kier alpha value is -0.460. The summed E-state index contributed by atoms with van der Waals surface area (Å²) < 4.78 is 13.8. The Bertz CT molecular complexity index is 567. The van der Waals surface area contributed by atoms with Gasteiger partial charge in [-0.05, 0) is 47.7 Å². The number of benzene rings is 1. The molecule has 1 aromatic carbocycles. The van der Waals surface area contributed by atoms with Gasteiger partial charge in [-0.15, -0.1) is 0 Å². The molecule has 0 unspecified atom stereocenters. The predicted molar refractivity (Wildman–Crippen MR) is 74.9 cm³/mol. The second-order valence-corrected chi connectivity index (χ2v) is 5.21. The van der Waals surface area contributed by atoms with E-state index in [1.807, 2.05) is 6.92 Å². The van der Waals surface area contributed by atoms with Gasteiger partial charge in [0.05, 0.1) is 14.3 Å². The highest BCUT2D eigenvalue weighted by Crippen LogP contribution is 2.26. The maximum Gasteiger partial charge on any atom is 0.161 e. The molecule has 2 rings (SSSR count). The monoisotopic (exact) mass is 382 g/mol. The summed E-state index contributed by atoms with van der Waals surface area (Å²) in [5.41, 5.74) is 1.42. The Morgan fingerprint density at radius 3 is 2.53 bits per heavy atom. The average molecular weight is 383 g/mol. The Morgan fingerprint density at radius 1 is 1.24 bits per heavy atom. The van der Waals surface area contributed by atoms with Crippen LogP contribution in [0.3, 0.4) is 0 Å². The first-order chi connectivity index (χ1) is 7.99. The Kier molecular flexibility index (Phi) is 3.85. The molecule has 0 atom stereocenters. The summed E-state index contributed by atoms with van der Waals surface area (Å²) in [6, 6.07) is 4.33. The van der Waals surface area contributed by atoms with Crippen molar-refractivity contribution in [1.29, 1.82) is 0 Å². The molecule has 0 radical (unpaired) electrons. The maximum absolute atomic E-state index is 13.0. The van der Waals surface area contributed by atoms with E-state index in [0.29, 0.717) is 16.5 Å². The lowest BCUT2D eigenvalue weighted by Crippen LogP contribution is -1.96. The largest absolute Gasteiger partial charge is 0.232 e. The van der Waals surface area contributed by atoms with Gasteiger partial charge in [-0.1, -0.05) is 23.2 Å². The third-order valence-corrected chi connectivity index (χ3v) is 4.33. The summed E-state index contributed by atoms with van der Waals surface area (Å²) in [4.78, 5) is 8.43. The SMILES string of the molecule is Cc1nc(-c2ccc(F)c(Cl)c2)nc(Cl)c1I. The van der Waals surface area contributed by atoms with Crippen molar-refractivity contribution in [2.45, 2.75) is 6.92 Å². The number of rotatable bonds is 1. The second-order valence-electron chi connectivity index (χ2n) is 3.37. The molecular formula is C11H6Cl2FIN2. The number of nitrogens with zero attached hydrogens (tertiary/aromatic N) is 2. The molecule has 0 aliphatic rings. The molecule has 1 heterocycles. The first-order valence-electron chi connectivity index (χ1n) is 4.64. The number of halogens is 4. The van der Waals surface area contributed by atoms with E-state index in [4.69, 9.17) is 23.2 Å². The van der Waals surface area contributed by atoms with Crippen LogP contribution in [0.5, 0.6) is 0 Å².